The first-order valence-electron chi connectivity index (χ1n) is 9.26. The molecule has 0 atom stereocenters. The van der Waals surface area contributed by atoms with Crippen LogP contribution in [0.2, 0.25) is 0 Å². The van der Waals surface area contributed by atoms with Crippen molar-refractivity contribution in [2.45, 2.75) is 19.9 Å². The lowest BCUT2D eigenvalue weighted by Gasteiger charge is -2.11. The van der Waals surface area contributed by atoms with E-state index in [9.17, 15) is 12.8 Å². The zero-order chi connectivity index (χ0) is 20.2. The van der Waals surface area contributed by atoms with E-state index >= 15 is 0 Å². The summed E-state index contributed by atoms with van der Waals surface area (Å²) in [7, 11) is -3.41. The molecule has 0 bridgehead atoms. The topological polar surface area (TPSA) is 82.6 Å². The second-order valence-electron chi connectivity index (χ2n) is 6.19. The van der Waals surface area contributed by atoms with Crippen molar-refractivity contribution in [1.29, 1.82) is 0 Å². The fraction of sp³-hybridized carbons (Fsp3) is 0.350. The highest BCUT2D eigenvalue weighted by molar-refractivity contribution is 7.89. The van der Waals surface area contributed by atoms with Crippen LogP contribution < -0.4 is 15.4 Å². The number of aliphatic imine (C=N–C) groups is 1. The lowest BCUT2D eigenvalue weighted by molar-refractivity contribution is 0.581. The Bertz CT molecular complexity index is 840. The lowest BCUT2D eigenvalue weighted by atomic mass is 10.1. The predicted molar refractivity (Wildman–Crippen MR) is 111 cm³/mol. The number of benzene rings is 2. The van der Waals surface area contributed by atoms with Gasteiger partial charge in [-0.05, 0) is 36.6 Å². The van der Waals surface area contributed by atoms with Crippen molar-refractivity contribution in [3.05, 3.63) is 71.5 Å². The maximum absolute atomic E-state index is 12.9. The summed E-state index contributed by atoms with van der Waals surface area (Å²) < 4.78 is 39.7. The monoisotopic (exact) mass is 406 g/mol. The van der Waals surface area contributed by atoms with Crippen LogP contribution in [0.5, 0.6) is 0 Å². The van der Waals surface area contributed by atoms with E-state index in [1.807, 2.05) is 37.3 Å². The fourth-order valence-corrected chi connectivity index (χ4v) is 3.32. The molecule has 0 aliphatic rings. The van der Waals surface area contributed by atoms with Gasteiger partial charge in [-0.1, -0.05) is 42.5 Å². The van der Waals surface area contributed by atoms with E-state index in [4.69, 9.17) is 0 Å². The zero-order valence-corrected chi connectivity index (χ0v) is 16.8. The van der Waals surface area contributed by atoms with Gasteiger partial charge in [0.2, 0.25) is 10.0 Å². The average molecular weight is 407 g/mol. The largest absolute Gasteiger partial charge is 0.357 e. The summed E-state index contributed by atoms with van der Waals surface area (Å²) in [6, 6.07) is 15.7. The average Bonchev–Trinajstić information content (AvgIpc) is 2.69. The lowest BCUT2D eigenvalue weighted by Crippen LogP contribution is -2.39. The van der Waals surface area contributed by atoms with Crippen molar-refractivity contribution in [2.24, 2.45) is 4.99 Å². The molecule has 0 radical (unpaired) electrons. The van der Waals surface area contributed by atoms with Crippen molar-refractivity contribution in [2.75, 3.05) is 25.4 Å². The molecular weight excluding hydrogens is 379 g/mol. The van der Waals surface area contributed by atoms with E-state index in [1.54, 1.807) is 12.1 Å². The van der Waals surface area contributed by atoms with E-state index in [-0.39, 0.29) is 24.7 Å². The van der Waals surface area contributed by atoms with Crippen LogP contribution in [0.4, 0.5) is 4.39 Å². The van der Waals surface area contributed by atoms with Crippen LogP contribution in [-0.2, 0) is 23.0 Å². The molecule has 0 spiro atoms. The maximum Gasteiger partial charge on any atom is 0.213 e. The molecule has 28 heavy (non-hydrogen) atoms. The third-order valence-corrected chi connectivity index (χ3v) is 5.24. The summed E-state index contributed by atoms with van der Waals surface area (Å²) in [5.41, 5.74) is 1.92. The standard InChI is InChI=1S/C20H27FN4O2S/c1-2-22-20(23-13-12-17-8-10-19(21)11-9-17)24-14-15-28(26,27)25-16-18-6-4-3-5-7-18/h3-11,25H,2,12-16H2,1H3,(H2,22,23,24). The van der Waals surface area contributed by atoms with E-state index in [1.165, 1.54) is 12.1 Å². The normalized spacial score (nSPS) is 12.0. The van der Waals surface area contributed by atoms with Crippen molar-refractivity contribution >= 4 is 16.0 Å². The fourth-order valence-electron chi connectivity index (χ4n) is 2.46. The van der Waals surface area contributed by atoms with Crippen molar-refractivity contribution in [1.82, 2.24) is 15.4 Å². The molecule has 0 fully saturated rings. The predicted octanol–water partition coefficient (Wildman–Crippen LogP) is 2.04. The van der Waals surface area contributed by atoms with Gasteiger partial charge in [0.25, 0.3) is 0 Å². The van der Waals surface area contributed by atoms with Gasteiger partial charge in [0.05, 0.1) is 12.3 Å². The van der Waals surface area contributed by atoms with Crippen molar-refractivity contribution < 1.29 is 12.8 Å². The summed E-state index contributed by atoms with van der Waals surface area (Å²) in [6.07, 6.45) is 0.710. The molecule has 8 heteroatoms. The van der Waals surface area contributed by atoms with Gasteiger partial charge < -0.3 is 10.6 Å². The van der Waals surface area contributed by atoms with Crippen LogP contribution in [0.15, 0.2) is 59.6 Å². The molecule has 0 amide bonds. The molecule has 3 N–H and O–H groups in total. The van der Waals surface area contributed by atoms with Crippen LogP contribution in [0.3, 0.4) is 0 Å². The first-order valence-corrected chi connectivity index (χ1v) is 10.9. The smallest absolute Gasteiger partial charge is 0.213 e. The number of nitrogens with zero attached hydrogens (tertiary/aromatic N) is 1. The summed E-state index contributed by atoms with van der Waals surface area (Å²) in [5.74, 6) is 0.213. The molecule has 2 aromatic carbocycles. The third kappa shape index (κ3) is 8.49. The molecule has 6 nitrogen and oxygen atoms in total. The van der Waals surface area contributed by atoms with Gasteiger partial charge in [-0.15, -0.1) is 0 Å². The molecule has 0 aliphatic heterocycles. The van der Waals surface area contributed by atoms with E-state index in [0.717, 1.165) is 11.1 Å². The second-order valence-corrected chi connectivity index (χ2v) is 8.12. The molecule has 2 rings (SSSR count). The van der Waals surface area contributed by atoms with Crippen LogP contribution in [0.1, 0.15) is 18.1 Å². The zero-order valence-electron chi connectivity index (χ0n) is 16.0. The van der Waals surface area contributed by atoms with Gasteiger partial charge in [-0.25, -0.2) is 17.5 Å². The molecule has 2 aromatic rings. The third-order valence-electron chi connectivity index (χ3n) is 3.93. The molecule has 0 heterocycles. The number of hydrogen-bond acceptors (Lipinski definition) is 3. The van der Waals surface area contributed by atoms with Crippen LogP contribution in [0.25, 0.3) is 0 Å². The van der Waals surface area contributed by atoms with Gasteiger partial charge >= 0.3 is 0 Å². The SMILES string of the molecule is CCNC(=NCCS(=O)(=O)NCc1ccccc1)NCCc1ccc(F)cc1. The highest BCUT2D eigenvalue weighted by Gasteiger charge is 2.09. The van der Waals surface area contributed by atoms with Gasteiger partial charge in [0.1, 0.15) is 5.82 Å². The highest BCUT2D eigenvalue weighted by Crippen LogP contribution is 2.02. The van der Waals surface area contributed by atoms with Gasteiger partial charge in [-0.3, -0.25) is 4.99 Å². The molecular formula is C20H27FN4O2S. The number of halogens is 1. The van der Waals surface area contributed by atoms with E-state index in [2.05, 4.69) is 20.3 Å². The Morgan fingerprint density at radius 2 is 1.71 bits per heavy atom. The molecule has 0 saturated heterocycles. The second kappa shape index (κ2) is 11.4. The number of guanidine groups is 1. The Labute approximate surface area is 166 Å². The summed E-state index contributed by atoms with van der Waals surface area (Å²) in [6.45, 7) is 3.63. The summed E-state index contributed by atoms with van der Waals surface area (Å²) >= 11 is 0. The molecule has 0 aromatic heterocycles. The molecule has 0 unspecified atom stereocenters. The van der Waals surface area contributed by atoms with Gasteiger partial charge in [0.15, 0.2) is 5.96 Å². The summed E-state index contributed by atoms with van der Waals surface area (Å²) in [5, 5.41) is 6.24. The Morgan fingerprint density at radius 3 is 2.39 bits per heavy atom. The minimum absolute atomic E-state index is 0.0889. The maximum atomic E-state index is 12.9. The van der Waals surface area contributed by atoms with Gasteiger partial charge in [-0.2, -0.15) is 0 Å². The first-order chi connectivity index (χ1) is 13.5. The summed E-state index contributed by atoms with van der Waals surface area (Å²) in [4.78, 5) is 4.31. The van der Waals surface area contributed by atoms with E-state index < -0.39 is 10.0 Å². The first kappa shape index (κ1) is 21.8. The van der Waals surface area contributed by atoms with Crippen LogP contribution >= 0.6 is 0 Å². The number of hydrogen-bond donors (Lipinski definition) is 3. The quantitative estimate of drug-likeness (QED) is 0.417. The molecule has 0 saturated carbocycles. The minimum Gasteiger partial charge on any atom is -0.357 e. The van der Waals surface area contributed by atoms with Gasteiger partial charge in [0, 0.05) is 19.6 Å². The van der Waals surface area contributed by atoms with Crippen LogP contribution in [0, 0.1) is 5.82 Å². The number of rotatable bonds is 10. The highest BCUT2D eigenvalue weighted by atomic mass is 32.2. The number of nitrogens with one attached hydrogen (secondary N) is 3. The minimum atomic E-state index is -3.41. The Morgan fingerprint density at radius 1 is 1.00 bits per heavy atom. The Kier molecular flexibility index (Phi) is 8.90. The van der Waals surface area contributed by atoms with Crippen molar-refractivity contribution in [3.8, 4) is 0 Å². The van der Waals surface area contributed by atoms with E-state index in [0.29, 0.717) is 25.5 Å². The molecule has 152 valence electrons. The van der Waals surface area contributed by atoms with Crippen molar-refractivity contribution in [3.63, 3.8) is 0 Å². The Hall–Kier alpha value is -2.45. The Balaban J connectivity index is 1.77. The van der Waals surface area contributed by atoms with Crippen LogP contribution in [-0.4, -0.2) is 39.8 Å². The molecule has 0 aliphatic carbocycles. The number of sulfonamides is 1.